The summed E-state index contributed by atoms with van der Waals surface area (Å²) in [5, 5.41) is 3.99. The van der Waals surface area contributed by atoms with Crippen LogP contribution in [0.3, 0.4) is 0 Å². The molecule has 0 radical (unpaired) electrons. The summed E-state index contributed by atoms with van der Waals surface area (Å²) >= 11 is 0. The Morgan fingerprint density at radius 1 is 1.73 bits per heavy atom. The highest BCUT2D eigenvalue weighted by atomic mass is 16.5. The quantitative estimate of drug-likeness (QED) is 0.550. The third-order valence-electron chi connectivity index (χ3n) is 1.65. The molecule has 1 aromatic rings. The van der Waals surface area contributed by atoms with E-state index in [0.29, 0.717) is 11.6 Å². The van der Waals surface area contributed by atoms with E-state index < -0.39 is 0 Å². The average Bonchev–Trinajstić information content (AvgIpc) is 2.46. The number of aromatic nitrogens is 2. The van der Waals surface area contributed by atoms with Gasteiger partial charge in [-0.2, -0.15) is 5.10 Å². The monoisotopic (exact) mass is 152 g/mol. The lowest BCUT2D eigenvalue weighted by Crippen LogP contribution is -2.14. The van der Waals surface area contributed by atoms with Crippen molar-refractivity contribution in [2.45, 2.75) is 13.0 Å². The molecule has 2 heterocycles. The van der Waals surface area contributed by atoms with E-state index in [9.17, 15) is 4.79 Å². The molecule has 1 aromatic heterocycles. The van der Waals surface area contributed by atoms with Gasteiger partial charge in [-0.25, -0.2) is 4.68 Å². The lowest BCUT2D eigenvalue weighted by molar-refractivity contribution is 0.111. The van der Waals surface area contributed by atoms with Gasteiger partial charge in [0, 0.05) is 19.0 Å². The molecule has 0 unspecified atom stereocenters. The Balaban J connectivity index is 2.39. The van der Waals surface area contributed by atoms with Gasteiger partial charge in [-0.15, -0.1) is 0 Å². The fraction of sp³-hybridized carbons (Fsp3) is 0.429. The van der Waals surface area contributed by atoms with Gasteiger partial charge in [-0.3, -0.25) is 4.79 Å². The van der Waals surface area contributed by atoms with Crippen molar-refractivity contribution in [1.82, 2.24) is 9.78 Å². The first-order valence-corrected chi connectivity index (χ1v) is 3.56. The fourth-order valence-corrected chi connectivity index (χ4v) is 1.14. The highest BCUT2D eigenvalue weighted by Crippen LogP contribution is 2.16. The summed E-state index contributed by atoms with van der Waals surface area (Å²) in [6, 6.07) is 1.66. The van der Waals surface area contributed by atoms with Crippen molar-refractivity contribution in [3.8, 4) is 5.88 Å². The second kappa shape index (κ2) is 2.38. The molecule has 0 fully saturated rings. The van der Waals surface area contributed by atoms with Crippen LogP contribution in [0, 0.1) is 0 Å². The molecule has 4 nitrogen and oxygen atoms in total. The molecule has 0 amide bonds. The predicted molar refractivity (Wildman–Crippen MR) is 37.7 cm³/mol. The highest BCUT2D eigenvalue weighted by Gasteiger charge is 2.11. The van der Waals surface area contributed by atoms with Gasteiger partial charge in [0.2, 0.25) is 5.88 Å². The van der Waals surface area contributed by atoms with Crippen LogP contribution < -0.4 is 4.74 Å². The van der Waals surface area contributed by atoms with E-state index >= 15 is 0 Å². The van der Waals surface area contributed by atoms with Crippen molar-refractivity contribution in [1.29, 1.82) is 0 Å². The molecule has 0 bridgehead atoms. The number of aryl methyl sites for hydroxylation is 1. The molecule has 1 aliphatic heterocycles. The van der Waals surface area contributed by atoms with Crippen molar-refractivity contribution in [3.63, 3.8) is 0 Å². The van der Waals surface area contributed by atoms with Crippen LogP contribution in [0.1, 0.15) is 16.9 Å². The second-order valence-electron chi connectivity index (χ2n) is 2.45. The third-order valence-corrected chi connectivity index (χ3v) is 1.65. The maximum absolute atomic E-state index is 10.3. The first-order valence-electron chi connectivity index (χ1n) is 3.56. The molecule has 0 N–H and O–H groups in total. The van der Waals surface area contributed by atoms with Crippen LogP contribution in [0.4, 0.5) is 0 Å². The standard InChI is InChI=1S/C7H8N2O2/c10-5-6-4-7-9(8-6)2-1-3-11-7/h4-5H,1-3H2. The minimum atomic E-state index is 0.446. The zero-order chi connectivity index (χ0) is 7.68. The molecule has 4 heteroatoms. The van der Waals surface area contributed by atoms with Gasteiger partial charge >= 0.3 is 0 Å². The number of hydrogen-bond acceptors (Lipinski definition) is 3. The molecule has 2 rings (SSSR count). The fourth-order valence-electron chi connectivity index (χ4n) is 1.14. The number of aldehydes is 1. The van der Waals surface area contributed by atoms with Gasteiger partial charge in [-0.05, 0) is 0 Å². The van der Waals surface area contributed by atoms with Gasteiger partial charge in [0.05, 0.1) is 6.61 Å². The summed E-state index contributed by atoms with van der Waals surface area (Å²) < 4.78 is 6.96. The number of nitrogens with zero attached hydrogens (tertiary/aromatic N) is 2. The second-order valence-corrected chi connectivity index (χ2v) is 2.45. The Morgan fingerprint density at radius 2 is 2.64 bits per heavy atom. The van der Waals surface area contributed by atoms with E-state index in [1.54, 1.807) is 10.7 Å². The van der Waals surface area contributed by atoms with Crippen molar-refractivity contribution >= 4 is 6.29 Å². The number of carbonyl (C=O) groups is 1. The van der Waals surface area contributed by atoms with E-state index in [2.05, 4.69) is 5.10 Å². The maximum atomic E-state index is 10.3. The minimum Gasteiger partial charge on any atom is -0.478 e. The number of rotatable bonds is 1. The Bertz CT molecular complexity index is 256. The van der Waals surface area contributed by atoms with E-state index in [1.807, 2.05) is 0 Å². The third kappa shape index (κ3) is 1.00. The molecule has 0 atom stereocenters. The van der Waals surface area contributed by atoms with Crippen LogP contribution in [0.25, 0.3) is 0 Å². The predicted octanol–water partition coefficient (Wildman–Crippen LogP) is 0.478. The van der Waals surface area contributed by atoms with Crippen molar-refractivity contribution in [2.24, 2.45) is 0 Å². The van der Waals surface area contributed by atoms with Gasteiger partial charge in [0.15, 0.2) is 6.29 Å². The Kier molecular flexibility index (Phi) is 1.38. The van der Waals surface area contributed by atoms with E-state index in [0.717, 1.165) is 25.9 Å². The molecule has 0 saturated carbocycles. The Hall–Kier alpha value is -1.32. The number of ether oxygens (including phenoxy) is 1. The lowest BCUT2D eigenvalue weighted by Gasteiger charge is -2.13. The molecular weight excluding hydrogens is 144 g/mol. The normalized spacial score (nSPS) is 15.3. The van der Waals surface area contributed by atoms with Gasteiger partial charge in [0.25, 0.3) is 0 Å². The number of hydrogen-bond donors (Lipinski definition) is 0. The summed E-state index contributed by atoms with van der Waals surface area (Å²) in [4.78, 5) is 10.3. The van der Waals surface area contributed by atoms with Gasteiger partial charge in [0.1, 0.15) is 5.69 Å². The van der Waals surface area contributed by atoms with Gasteiger partial charge < -0.3 is 4.74 Å². The van der Waals surface area contributed by atoms with E-state index in [4.69, 9.17) is 4.74 Å². The van der Waals surface area contributed by atoms with E-state index in [1.165, 1.54) is 0 Å². The summed E-state index contributed by atoms with van der Waals surface area (Å²) in [5.41, 5.74) is 0.446. The van der Waals surface area contributed by atoms with Crippen LogP contribution in [-0.4, -0.2) is 22.7 Å². The maximum Gasteiger partial charge on any atom is 0.212 e. The van der Waals surface area contributed by atoms with Crippen LogP contribution >= 0.6 is 0 Å². The molecule has 0 aromatic carbocycles. The van der Waals surface area contributed by atoms with Crippen LogP contribution in [-0.2, 0) is 6.54 Å². The topological polar surface area (TPSA) is 44.1 Å². The molecule has 1 aliphatic rings. The molecule has 0 aliphatic carbocycles. The summed E-state index contributed by atoms with van der Waals surface area (Å²) in [5.74, 6) is 0.707. The number of carbonyl (C=O) groups excluding carboxylic acids is 1. The zero-order valence-electron chi connectivity index (χ0n) is 5.99. The van der Waals surface area contributed by atoms with Crippen LogP contribution in [0.5, 0.6) is 5.88 Å². The molecule has 11 heavy (non-hydrogen) atoms. The Morgan fingerprint density at radius 3 is 3.36 bits per heavy atom. The van der Waals surface area contributed by atoms with Crippen LogP contribution in [0.2, 0.25) is 0 Å². The molecular formula is C7H8N2O2. The van der Waals surface area contributed by atoms with Crippen molar-refractivity contribution < 1.29 is 9.53 Å². The molecule has 0 spiro atoms. The minimum absolute atomic E-state index is 0.446. The molecule has 58 valence electrons. The first-order chi connectivity index (χ1) is 5.40. The molecule has 0 saturated heterocycles. The van der Waals surface area contributed by atoms with Gasteiger partial charge in [-0.1, -0.05) is 0 Å². The largest absolute Gasteiger partial charge is 0.478 e. The Labute approximate surface area is 63.8 Å². The van der Waals surface area contributed by atoms with Crippen molar-refractivity contribution in [2.75, 3.05) is 6.61 Å². The smallest absolute Gasteiger partial charge is 0.212 e. The first kappa shape index (κ1) is 6.39. The zero-order valence-corrected chi connectivity index (χ0v) is 5.99. The van der Waals surface area contributed by atoms with E-state index in [-0.39, 0.29) is 0 Å². The van der Waals surface area contributed by atoms with Crippen LogP contribution in [0.15, 0.2) is 6.07 Å². The highest BCUT2D eigenvalue weighted by molar-refractivity contribution is 5.72. The average molecular weight is 152 g/mol. The lowest BCUT2D eigenvalue weighted by atomic mass is 10.4. The SMILES string of the molecule is O=Cc1cc2n(n1)CCCO2. The summed E-state index contributed by atoms with van der Waals surface area (Å²) in [7, 11) is 0. The summed E-state index contributed by atoms with van der Waals surface area (Å²) in [6.07, 6.45) is 1.70. The van der Waals surface area contributed by atoms with Crippen molar-refractivity contribution in [3.05, 3.63) is 11.8 Å². The summed E-state index contributed by atoms with van der Waals surface area (Å²) in [6.45, 7) is 1.58. The number of fused-ring (bicyclic) bond motifs is 1.